The van der Waals surface area contributed by atoms with Gasteiger partial charge in [-0.25, -0.2) is 4.79 Å². The van der Waals surface area contributed by atoms with Crippen molar-refractivity contribution in [2.24, 2.45) is 0 Å². The summed E-state index contributed by atoms with van der Waals surface area (Å²) in [5, 5.41) is 8.58. The fraction of sp³-hybridized carbons (Fsp3) is 0.667. The van der Waals surface area contributed by atoms with Crippen LogP contribution in [0, 0.1) is 0 Å². The van der Waals surface area contributed by atoms with Gasteiger partial charge in [0.2, 0.25) is 0 Å². The van der Waals surface area contributed by atoms with E-state index in [9.17, 15) is 4.79 Å². The number of carboxylic acid groups (broad SMARTS) is 1. The van der Waals surface area contributed by atoms with Crippen LogP contribution in [0.4, 0.5) is 0 Å². The molecule has 0 aromatic rings. The Balaban J connectivity index is 3.64. The van der Waals surface area contributed by atoms with Gasteiger partial charge < -0.3 is 14.6 Å². The SMILES string of the molecule is COC(OC)[SiH2]CCC=C(C)C(=O)O. The molecule has 0 aliphatic heterocycles. The van der Waals surface area contributed by atoms with Gasteiger partial charge in [-0.1, -0.05) is 12.1 Å². The molecule has 0 fully saturated rings. The molecule has 1 N–H and O–H groups in total. The fourth-order valence-electron chi connectivity index (χ4n) is 1.02. The molecule has 0 rings (SSSR count). The van der Waals surface area contributed by atoms with Gasteiger partial charge in [-0.05, 0) is 13.3 Å². The van der Waals surface area contributed by atoms with Crippen LogP contribution >= 0.6 is 0 Å². The van der Waals surface area contributed by atoms with E-state index in [0.29, 0.717) is 5.57 Å². The molecule has 0 radical (unpaired) electrons. The maximum atomic E-state index is 10.4. The van der Waals surface area contributed by atoms with E-state index in [0.717, 1.165) is 12.5 Å². The van der Waals surface area contributed by atoms with Crippen molar-refractivity contribution in [3.63, 3.8) is 0 Å². The molecule has 0 aromatic heterocycles. The molecular formula is C9H18O4Si. The summed E-state index contributed by atoms with van der Waals surface area (Å²) in [6.07, 6.45) is 2.55. The molecule has 0 aliphatic carbocycles. The lowest BCUT2D eigenvalue weighted by molar-refractivity contribution is -0.132. The molecule has 4 nitrogen and oxygen atoms in total. The van der Waals surface area contributed by atoms with E-state index in [2.05, 4.69) is 0 Å². The molecule has 0 unspecified atom stereocenters. The number of allylic oxidation sites excluding steroid dienone is 1. The first-order valence-corrected chi connectivity index (χ1v) is 6.39. The van der Waals surface area contributed by atoms with E-state index >= 15 is 0 Å². The van der Waals surface area contributed by atoms with Crippen LogP contribution < -0.4 is 0 Å². The van der Waals surface area contributed by atoms with Gasteiger partial charge in [0.25, 0.3) is 0 Å². The summed E-state index contributed by atoms with van der Waals surface area (Å²) < 4.78 is 10.1. The van der Waals surface area contributed by atoms with Gasteiger partial charge in [-0.2, -0.15) is 0 Å². The lowest BCUT2D eigenvalue weighted by Gasteiger charge is -2.11. The van der Waals surface area contributed by atoms with E-state index in [-0.39, 0.29) is 5.91 Å². The van der Waals surface area contributed by atoms with Crippen molar-refractivity contribution in [3.8, 4) is 0 Å². The standard InChI is InChI=1S/C9H18O4Si/c1-7(8(10)11)5-4-6-14-9(12-2)13-3/h5,9H,4,6,14H2,1-3H3,(H,10,11). The largest absolute Gasteiger partial charge is 0.478 e. The number of hydrogen-bond donors (Lipinski definition) is 1. The lowest BCUT2D eigenvalue weighted by atomic mass is 10.2. The maximum absolute atomic E-state index is 10.4. The summed E-state index contributed by atoms with van der Waals surface area (Å²) in [6.45, 7) is 1.61. The van der Waals surface area contributed by atoms with Gasteiger partial charge >= 0.3 is 5.97 Å². The highest BCUT2D eigenvalue weighted by Gasteiger charge is 2.04. The maximum Gasteiger partial charge on any atom is 0.330 e. The Kier molecular flexibility index (Phi) is 7.36. The van der Waals surface area contributed by atoms with Crippen LogP contribution in [0.5, 0.6) is 0 Å². The summed E-state index contributed by atoms with van der Waals surface area (Å²) in [6, 6.07) is 0.997. The summed E-state index contributed by atoms with van der Waals surface area (Å²) in [4.78, 5) is 10.4. The van der Waals surface area contributed by atoms with Crippen LogP contribution in [0.3, 0.4) is 0 Å². The summed E-state index contributed by atoms with van der Waals surface area (Å²) >= 11 is 0. The first-order chi connectivity index (χ1) is 6.61. The third-order valence-electron chi connectivity index (χ3n) is 1.96. The number of carboxylic acids is 1. The van der Waals surface area contributed by atoms with Crippen LogP contribution in [-0.4, -0.2) is 40.7 Å². The Labute approximate surface area is 86.7 Å². The predicted octanol–water partition coefficient (Wildman–Crippen LogP) is 0.571. The molecule has 0 aromatic carbocycles. The third kappa shape index (κ3) is 5.90. The zero-order valence-corrected chi connectivity index (χ0v) is 10.4. The average molecular weight is 218 g/mol. The van der Waals surface area contributed by atoms with Crippen LogP contribution in [-0.2, 0) is 14.3 Å². The number of ether oxygens (including phenoxy) is 2. The number of rotatable bonds is 7. The molecule has 0 spiro atoms. The van der Waals surface area contributed by atoms with E-state index in [1.807, 2.05) is 0 Å². The lowest BCUT2D eigenvalue weighted by Crippen LogP contribution is -2.20. The minimum Gasteiger partial charge on any atom is -0.478 e. The molecule has 0 heterocycles. The monoisotopic (exact) mass is 218 g/mol. The van der Waals surface area contributed by atoms with Crippen LogP contribution in [0.2, 0.25) is 6.04 Å². The second kappa shape index (κ2) is 7.72. The smallest absolute Gasteiger partial charge is 0.330 e. The molecule has 0 bridgehead atoms. The summed E-state index contributed by atoms with van der Waals surface area (Å²) in [7, 11) is 2.82. The summed E-state index contributed by atoms with van der Waals surface area (Å²) in [5.41, 5.74) is 0.408. The molecule has 0 aliphatic rings. The van der Waals surface area contributed by atoms with Crippen molar-refractivity contribution in [1.82, 2.24) is 0 Å². The van der Waals surface area contributed by atoms with Crippen molar-refractivity contribution >= 4 is 15.5 Å². The molecule has 5 heteroatoms. The topological polar surface area (TPSA) is 55.8 Å². The minimum absolute atomic E-state index is 0.0477. The highest BCUT2D eigenvalue weighted by atomic mass is 28.2. The van der Waals surface area contributed by atoms with Crippen molar-refractivity contribution in [1.29, 1.82) is 0 Å². The van der Waals surface area contributed by atoms with E-state index in [1.165, 1.54) is 0 Å². The molecular weight excluding hydrogens is 200 g/mol. The zero-order chi connectivity index (χ0) is 11.0. The van der Waals surface area contributed by atoms with Gasteiger partial charge in [-0.15, -0.1) is 0 Å². The van der Waals surface area contributed by atoms with Crippen molar-refractivity contribution < 1.29 is 19.4 Å². The van der Waals surface area contributed by atoms with Crippen LogP contribution in [0.15, 0.2) is 11.6 Å². The Morgan fingerprint density at radius 3 is 2.50 bits per heavy atom. The number of aliphatic carboxylic acids is 1. The predicted molar refractivity (Wildman–Crippen MR) is 57.2 cm³/mol. The summed E-state index contributed by atoms with van der Waals surface area (Å²) in [5.74, 6) is -0.893. The highest BCUT2D eigenvalue weighted by molar-refractivity contribution is 6.36. The van der Waals surface area contributed by atoms with Gasteiger partial charge in [0.15, 0.2) is 0 Å². The Morgan fingerprint density at radius 2 is 2.07 bits per heavy atom. The van der Waals surface area contributed by atoms with Crippen LogP contribution in [0.25, 0.3) is 0 Å². The third-order valence-corrected chi connectivity index (χ3v) is 3.91. The van der Waals surface area contributed by atoms with E-state index < -0.39 is 15.5 Å². The molecule has 0 amide bonds. The quantitative estimate of drug-likeness (QED) is 0.294. The second-order valence-corrected chi connectivity index (χ2v) is 4.98. The molecule has 0 saturated carbocycles. The first-order valence-electron chi connectivity index (χ1n) is 4.57. The Hall–Kier alpha value is -0.653. The number of hydrogen-bond acceptors (Lipinski definition) is 3. The highest BCUT2D eigenvalue weighted by Crippen LogP contribution is 2.01. The molecule has 0 saturated heterocycles. The molecule has 0 atom stereocenters. The number of methoxy groups -OCH3 is 2. The van der Waals surface area contributed by atoms with Gasteiger partial charge in [-0.3, -0.25) is 0 Å². The first kappa shape index (κ1) is 13.3. The van der Waals surface area contributed by atoms with Gasteiger partial charge in [0.05, 0.1) is 9.52 Å². The van der Waals surface area contributed by atoms with E-state index in [1.54, 1.807) is 27.2 Å². The minimum atomic E-state index is -0.846. The fourth-order valence-corrected chi connectivity index (χ4v) is 2.27. The van der Waals surface area contributed by atoms with Crippen molar-refractivity contribution in [3.05, 3.63) is 11.6 Å². The normalized spacial score (nSPS) is 13.0. The molecule has 82 valence electrons. The zero-order valence-electron chi connectivity index (χ0n) is 8.95. The Morgan fingerprint density at radius 1 is 1.50 bits per heavy atom. The average Bonchev–Trinajstić information content (AvgIpc) is 2.17. The van der Waals surface area contributed by atoms with Crippen molar-refractivity contribution in [2.45, 2.75) is 25.3 Å². The van der Waals surface area contributed by atoms with E-state index in [4.69, 9.17) is 14.6 Å². The van der Waals surface area contributed by atoms with Crippen molar-refractivity contribution in [2.75, 3.05) is 14.2 Å². The van der Waals surface area contributed by atoms with Gasteiger partial charge in [0.1, 0.15) is 5.91 Å². The Bertz CT molecular complexity index is 199. The number of carbonyl (C=O) groups is 1. The van der Waals surface area contributed by atoms with Gasteiger partial charge in [0, 0.05) is 19.8 Å². The van der Waals surface area contributed by atoms with Crippen LogP contribution in [0.1, 0.15) is 13.3 Å². The second-order valence-electron chi connectivity index (χ2n) is 3.02. The molecule has 14 heavy (non-hydrogen) atoms.